The summed E-state index contributed by atoms with van der Waals surface area (Å²) in [4.78, 5) is 4.60. The lowest BCUT2D eigenvalue weighted by molar-refractivity contribution is 0.281. The molecule has 9 nitrogen and oxygen atoms in total. The summed E-state index contributed by atoms with van der Waals surface area (Å²) in [5, 5.41) is 14.6. The van der Waals surface area contributed by atoms with Crippen LogP contribution in [0, 0.1) is 5.92 Å². The Bertz CT molecular complexity index is 976. The van der Waals surface area contributed by atoms with Crippen LogP contribution in [-0.2, 0) is 29.5 Å². The summed E-state index contributed by atoms with van der Waals surface area (Å²) in [6.45, 7) is 7.35. The molecule has 0 radical (unpaired) electrons. The number of rotatable bonds is 8. The van der Waals surface area contributed by atoms with Gasteiger partial charge in [-0.1, -0.05) is 26.0 Å². The Balaban J connectivity index is 0.00000363. The van der Waals surface area contributed by atoms with E-state index in [2.05, 4.69) is 39.7 Å². The Hall–Kier alpha value is -1.73. The number of piperidine rings is 1. The second kappa shape index (κ2) is 12.5. The minimum absolute atomic E-state index is 0. The number of benzene rings is 1. The smallest absolute Gasteiger partial charge is 0.243 e. The second-order valence-electron chi connectivity index (χ2n) is 7.90. The molecule has 1 atom stereocenters. The zero-order chi connectivity index (χ0) is 22.3. The minimum Gasteiger partial charge on any atom is -0.355 e. The Morgan fingerprint density at radius 1 is 1.25 bits per heavy atom. The molecule has 0 spiro atoms. The topological polar surface area (TPSA) is 105 Å². The molecule has 1 fully saturated rings. The van der Waals surface area contributed by atoms with E-state index in [-0.39, 0.29) is 24.0 Å². The van der Waals surface area contributed by atoms with E-state index >= 15 is 0 Å². The molecular formula is C21H34IN7O2S. The van der Waals surface area contributed by atoms with Crippen LogP contribution in [0.4, 0.5) is 0 Å². The summed E-state index contributed by atoms with van der Waals surface area (Å²) in [7, 11) is -1.70. The maximum Gasteiger partial charge on any atom is 0.243 e. The number of hydrogen-bond donors (Lipinski definition) is 2. The van der Waals surface area contributed by atoms with Gasteiger partial charge in [0.1, 0.15) is 12.2 Å². The summed E-state index contributed by atoms with van der Waals surface area (Å²) in [5.41, 5.74) is 0.987. The first kappa shape index (κ1) is 26.5. The van der Waals surface area contributed by atoms with Crippen molar-refractivity contribution in [2.45, 2.75) is 51.1 Å². The van der Waals surface area contributed by atoms with Crippen molar-refractivity contribution < 1.29 is 8.42 Å². The van der Waals surface area contributed by atoms with Crippen molar-refractivity contribution in [3.8, 4) is 0 Å². The molecule has 0 aliphatic carbocycles. The number of nitrogens with one attached hydrogen (secondary N) is 2. The van der Waals surface area contributed by atoms with Gasteiger partial charge in [0.25, 0.3) is 0 Å². The van der Waals surface area contributed by atoms with Gasteiger partial charge in [-0.15, -0.1) is 34.2 Å². The van der Waals surface area contributed by atoms with Crippen molar-refractivity contribution in [3.05, 3.63) is 42.0 Å². The van der Waals surface area contributed by atoms with Crippen molar-refractivity contribution in [2.75, 3.05) is 26.7 Å². The number of sulfonamides is 1. The van der Waals surface area contributed by atoms with Crippen LogP contribution in [0.2, 0.25) is 0 Å². The summed E-state index contributed by atoms with van der Waals surface area (Å²) >= 11 is 0. The summed E-state index contributed by atoms with van der Waals surface area (Å²) in [6.07, 6.45) is 4.59. The molecular weight excluding hydrogens is 541 g/mol. The van der Waals surface area contributed by atoms with Gasteiger partial charge in [0.2, 0.25) is 10.0 Å². The summed E-state index contributed by atoms with van der Waals surface area (Å²) < 4.78 is 29.4. The Morgan fingerprint density at radius 2 is 2.00 bits per heavy atom. The monoisotopic (exact) mass is 575 g/mol. The number of hydrogen-bond acceptors (Lipinski definition) is 5. The zero-order valence-electron chi connectivity index (χ0n) is 19.0. The Labute approximate surface area is 208 Å². The number of guanidine groups is 1. The third-order valence-corrected chi connectivity index (χ3v) is 7.40. The number of aryl methyl sites for hydroxylation is 1. The molecule has 1 aromatic heterocycles. The molecule has 1 aliphatic rings. The van der Waals surface area contributed by atoms with Gasteiger partial charge in [-0.05, 0) is 36.5 Å². The molecule has 2 aromatic rings. The highest BCUT2D eigenvalue weighted by Crippen LogP contribution is 2.23. The molecule has 0 amide bonds. The van der Waals surface area contributed by atoms with E-state index in [9.17, 15) is 8.42 Å². The average Bonchev–Trinajstić information content (AvgIpc) is 3.24. The molecule has 178 valence electrons. The average molecular weight is 576 g/mol. The lowest BCUT2D eigenvalue weighted by atomic mass is 10.0. The van der Waals surface area contributed by atoms with Gasteiger partial charge in [0.05, 0.1) is 4.90 Å². The minimum atomic E-state index is -3.42. The van der Waals surface area contributed by atoms with Crippen molar-refractivity contribution in [3.63, 3.8) is 0 Å². The predicted octanol–water partition coefficient (Wildman–Crippen LogP) is 2.24. The third-order valence-electron chi connectivity index (χ3n) is 5.52. The first-order valence-electron chi connectivity index (χ1n) is 10.8. The van der Waals surface area contributed by atoms with Crippen molar-refractivity contribution in [1.82, 2.24) is 29.7 Å². The van der Waals surface area contributed by atoms with Gasteiger partial charge in [0, 0.05) is 46.2 Å². The van der Waals surface area contributed by atoms with E-state index in [4.69, 9.17) is 0 Å². The van der Waals surface area contributed by atoms with Gasteiger partial charge < -0.3 is 15.2 Å². The fourth-order valence-electron chi connectivity index (χ4n) is 3.73. The molecule has 0 bridgehead atoms. The van der Waals surface area contributed by atoms with Crippen LogP contribution in [0.1, 0.15) is 38.1 Å². The van der Waals surface area contributed by atoms with E-state index in [0.29, 0.717) is 43.0 Å². The predicted molar refractivity (Wildman–Crippen MR) is 137 cm³/mol. The molecule has 1 aromatic carbocycles. The van der Waals surface area contributed by atoms with Gasteiger partial charge in [-0.3, -0.25) is 4.99 Å². The number of halogens is 1. The molecule has 3 rings (SSSR count). The highest BCUT2D eigenvalue weighted by molar-refractivity contribution is 14.0. The van der Waals surface area contributed by atoms with Gasteiger partial charge in [-0.2, -0.15) is 4.31 Å². The van der Waals surface area contributed by atoms with Crippen LogP contribution in [0.5, 0.6) is 0 Å². The molecule has 32 heavy (non-hydrogen) atoms. The van der Waals surface area contributed by atoms with Crippen LogP contribution in [0.3, 0.4) is 0 Å². The van der Waals surface area contributed by atoms with Crippen LogP contribution < -0.4 is 10.6 Å². The lowest BCUT2D eigenvalue weighted by Gasteiger charge is -2.30. The molecule has 2 heterocycles. The number of nitrogens with zero attached hydrogens (tertiary/aromatic N) is 5. The van der Waals surface area contributed by atoms with Crippen LogP contribution in [-0.4, -0.2) is 60.1 Å². The fourth-order valence-corrected chi connectivity index (χ4v) is 5.33. The zero-order valence-corrected chi connectivity index (χ0v) is 22.1. The number of aliphatic imine (C=N–C) groups is 1. The van der Waals surface area contributed by atoms with Crippen LogP contribution in [0.25, 0.3) is 0 Å². The normalized spacial score (nSPS) is 17.6. The van der Waals surface area contributed by atoms with Gasteiger partial charge in [0.15, 0.2) is 5.96 Å². The number of aromatic nitrogens is 3. The molecule has 11 heteroatoms. The van der Waals surface area contributed by atoms with Crippen molar-refractivity contribution >= 4 is 40.0 Å². The maximum atomic E-state index is 12.9. The SMILES string of the molecule is CCc1nncn1CCNC(=NC)NCc1ccc(S(=O)(=O)N2CCCC(C)C2)cc1.I. The second-order valence-corrected chi connectivity index (χ2v) is 9.84. The lowest BCUT2D eigenvalue weighted by Crippen LogP contribution is -2.39. The van der Waals surface area contributed by atoms with E-state index in [1.807, 2.05) is 16.7 Å². The summed E-state index contributed by atoms with van der Waals surface area (Å²) in [5.74, 6) is 2.05. The Morgan fingerprint density at radius 3 is 2.66 bits per heavy atom. The van der Waals surface area contributed by atoms with E-state index in [1.165, 1.54) is 0 Å². The van der Waals surface area contributed by atoms with E-state index in [1.54, 1.807) is 29.8 Å². The van der Waals surface area contributed by atoms with Gasteiger partial charge in [-0.25, -0.2) is 8.42 Å². The van der Waals surface area contributed by atoms with Crippen LogP contribution >= 0.6 is 24.0 Å². The molecule has 1 unspecified atom stereocenters. The fraction of sp³-hybridized carbons (Fsp3) is 0.571. The van der Waals surface area contributed by atoms with Gasteiger partial charge >= 0.3 is 0 Å². The van der Waals surface area contributed by atoms with E-state index < -0.39 is 10.0 Å². The highest BCUT2D eigenvalue weighted by Gasteiger charge is 2.28. The third kappa shape index (κ3) is 6.88. The molecule has 0 saturated carbocycles. The standard InChI is InChI=1S/C21H33N7O2S.HI/c1-4-20-26-25-16-27(20)13-11-23-21(22-3)24-14-18-7-9-19(10-8-18)31(29,30)28-12-5-6-17(2)15-28;/h7-10,16-17H,4-6,11-15H2,1-3H3,(H2,22,23,24);1H. The summed E-state index contributed by atoms with van der Waals surface area (Å²) in [6, 6.07) is 7.09. The highest BCUT2D eigenvalue weighted by atomic mass is 127. The quantitative estimate of drug-likeness (QED) is 0.284. The first-order chi connectivity index (χ1) is 14.9. The largest absolute Gasteiger partial charge is 0.355 e. The molecule has 1 aliphatic heterocycles. The first-order valence-corrected chi connectivity index (χ1v) is 12.3. The maximum absolute atomic E-state index is 12.9. The van der Waals surface area contributed by atoms with Crippen LogP contribution in [0.15, 0.2) is 40.5 Å². The van der Waals surface area contributed by atoms with Crippen molar-refractivity contribution in [2.24, 2.45) is 10.9 Å². The molecule has 2 N–H and O–H groups in total. The van der Waals surface area contributed by atoms with Crippen molar-refractivity contribution in [1.29, 1.82) is 0 Å². The molecule has 1 saturated heterocycles. The Kier molecular flexibility index (Phi) is 10.4. The van der Waals surface area contributed by atoms with E-state index in [0.717, 1.165) is 37.2 Å².